The van der Waals surface area contributed by atoms with Crippen LogP contribution in [0.3, 0.4) is 0 Å². The van der Waals surface area contributed by atoms with Crippen LogP contribution in [0, 0.1) is 5.92 Å². The lowest BCUT2D eigenvalue weighted by Crippen LogP contribution is -2.39. The van der Waals surface area contributed by atoms with E-state index in [1.165, 1.54) is 37.3 Å². The van der Waals surface area contributed by atoms with Crippen molar-refractivity contribution >= 4 is 103 Å². The number of rotatable bonds is 28. The highest BCUT2D eigenvalue weighted by Gasteiger charge is 2.38. The highest BCUT2D eigenvalue weighted by Crippen LogP contribution is 2.23. The number of carbonyl (C=O) groups is 11. The summed E-state index contributed by atoms with van der Waals surface area (Å²) >= 11 is 2.54. The standard InChI is InChI=1S/C34H54B2N8O14S2/c1-37-33(54)57-18-21(19-58-34(55)38-2)56-13-3-4-22(45)20(14-27(48)41-9-7-39-25(46)5-11-43-29(50)16-23(59-35)31(43)52)15-28(49)42-10-8-40-26(47)6-12-44-30(51)17-24(60-36)32(44)53/h20-21,23-24H,3-19,35-36H2,1-2H3,(H,37,54)(H,38,55)(H,39,46)(H,40,47)(H,41,48)(H,42,49). The molecular formula is C34H54B2N8O14S2. The van der Waals surface area contributed by atoms with E-state index in [1.54, 1.807) is 14.2 Å². The lowest BCUT2D eigenvalue weighted by molar-refractivity contribution is -0.140. The number of likely N-dealkylation sites (tertiary alicyclic amines) is 2. The molecule has 2 aliphatic heterocycles. The first kappa shape index (κ1) is 51.3. The molecule has 26 heteroatoms. The topological polar surface area (TPSA) is 294 Å². The third-order valence-corrected chi connectivity index (χ3v) is 11.0. The quantitative estimate of drug-likeness (QED) is 0.0247. The summed E-state index contributed by atoms with van der Waals surface area (Å²) in [6, 6.07) is 0. The SMILES string of the molecule is BSC1CC(=O)N(CCC(=O)NCCNC(=O)CC(CC(=O)NCCNC(=O)CCN2C(=O)CC(SB)C2=O)C(=O)CCCOC(COC(=O)NC)COC(=O)NC)C1=O. The van der Waals surface area contributed by atoms with Crippen molar-refractivity contribution in [3.05, 3.63) is 0 Å². The molecule has 2 aliphatic rings. The van der Waals surface area contributed by atoms with Gasteiger partial charge in [0.05, 0.1) is 10.5 Å². The van der Waals surface area contributed by atoms with Crippen LogP contribution >= 0.6 is 23.2 Å². The number of amides is 10. The van der Waals surface area contributed by atoms with Crippen LogP contribution in [0.1, 0.15) is 51.4 Å². The molecule has 60 heavy (non-hydrogen) atoms. The van der Waals surface area contributed by atoms with Gasteiger partial charge in [-0.2, -0.15) is 0 Å². The van der Waals surface area contributed by atoms with Gasteiger partial charge in [-0.05, 0) is 6.42 Å². The average Bonchev–Trinajstić information content (AvgIpc) is 3.67. The Hall–Kier alpha value is -4.84. The molecule has 2 saturated heterocycles. The fourth-order valence-electron chi connectivity index (χ4n) is 5.77. The summed E-state index contributed by atoms with van der Waals surface area (Å²) < 4.78 is 15.6. The van der Waals surface area contributed by atoms with Gasteiger partial charge in [-0.3, -0.25) is 53.0 Å². The Morgan fingerprint density at radius 3 is 1.42 bits per heavy atom. The molecule has 0 aliphatic carbocycles. The Morgan fingerprint density at radius 1 is 0.650 bits per heavy atom. The molecule has 0 saturated carbocycles. The fourth-order valence-corrected chi connectivity index (χ4v) is 7.05. The Labute approximate surface area is 357 Å². The molecule has 0 radical (unpaired) electrons. The van der Waals surface area contributed by atoms with Gasteiger partial charge in [0.15, 0.2) is 14.2 Å². The van der Waals surface area contributed by atoms with Crippen LogP contribution in [-0.4, -0.2) is 179 Å². The summed E-state index contributed by atoms with van der Waals surface area (Å²) in [6.45, 7) is -0.694. The number of Topliss-reactive ketones (excluding diaryl/α,β-unsaturated/α-hetero) is 1. The molecule has 2 atom stereocenters. The molecule has 0 aromatic carbocycles. The maximum Gasteiger partial charge on any atom is 0.406 e. The van der Waals surface area contributed by atoms with Crippen molar-refractivity contribution in [2.45, 2.75) is 68.0 Å². The minimum absolute atomic E-state index is 0.0134. The van der Waals surface area contributed by atoms with Gasteiger partial charge >= 0.3 is 12.2 Å². The number of carbonyl (C=O) groups excluding carboxylic acids is 11. The molecule has 0 aromatic heterocycles. The van der Waals surface area contributed by atoms with Crippen molar-refractivity contribution in [2.75, 3.05) is 73.2 Å². The largest absolute Gasteiger partial charge is 0.447 e. The van der Waals surface area contributed by atoms with Crippen molar-refractivity contribution in [3.63, 3.8) is 0 Å². The van der Waals surface area contributed by atoms with E-state index in [-0.39, 0.29) is 134 Å². The van der Waals surface area contributed by atoms with Gasteiger partial charge in [0.2, 0.25) is 47.3 Å². The van der Waals surface area contributed by atoms with E-state index in [0.717, 1.165) is 9.80 Å². The Morgan fingerprint density at radius 2 is 1.05 bits per heavy atom. The normalized spacial score (nSPS) is 16.6. The summed E-state index contributed by atoms with van der Waals surface area (Å²) in [6.07, 6.45) is -3.13. The van der Waals surface area contributed by atoms with Gasteiger partial charge in [-0.1, -0.05) is 0 Å². The second-order valence-corrected chi connectivity index (χ2v) is 15.5. The second-order valence-electron chi connectivity index (χ2n) is 13.4. The average molecular weight is 885 g/mol. The molecule has 0 spiro atoms. The zero-order valence-electron chi connectivity index (χ0n) is 34.3. The number of ether oxygens (including phenoxy) is 3. The van der Waals surface area contributed by atoms with Crippen molar-refractivity contribution in [1.29, 1.82) is 0 Å². The zero-order valence-corrected chi connectivity index (χ0v) is 35.9. The number of hydrogen-bond donors (Lipinski definition) is 6. The number of nitrogens with zero attached hydrogens (tertiary/aromatic N) is 2. The number of hydrogen-bond acceptors (Lipinski definition) is 16. The van der Waals surface area contributed by atoms with Crippen LogP contribution in [-0.2, 0) is 57.4 Å². The minimum atomic E-state index is -1.07. The van der Waals surface area contributed by atoms with E-state index in [2.05, 4.69) is 31.9 Å². The lowest BCUT2D eigenvalue weighted by atomic mass is 9.92. The summed E-state index contributed by atoms with van der Waals surface area (Å²) in [5.74, 6) is -4.89. The maximum atomic E-state index is 13.3. The van der Waals surface area contributed by atoms with E-state index in [9.17, 15) is 52.7 Å². The number of imide groups is 2. The van der Waals surface area contributed by atoms with Gasteiger partial charge in [0, 0.05) is 111 Å². The molecule has 0 aromatic rings. The number of ketones is 1. The van der Waals surface area contributed by atoms with E-state index in [0.29, 0.717) is 0 Å². The third-order valence-electron chi connectivity index (χ3n) is 9.09. The van der Waals surface area contributed by atoms with Gasteiger partial charge in [-0.25, -0.2) is 32.8 Å². The highest BCUT2D eigenvalue weighted by atomic mass is 32.2. The Kier molecular flexibility index (Phi) is 23.8. The van der Waals surface area contributed by atoms with Crippen LogP contribution in [0.2, 0.25) is 0 Å². The predicted molar refractivity (Wildman–Crippen MR) is 221 cm³/mol. The molecule has 2 rings (SSSR count). The van der Waals surface area contributed by atoms with Crippen LogP contribution in [0.5, 0.6) is 0 Å². The first-order valence-corrected chi connectivity index (χ1v) is 21.9. The molecule has 10 amide bonds. The Bertz CT molecular complexity index is 1480. The summed E-state index contributed by atoms with van der Waals surface area (Å²) in [4.78, 5) is 138. The smallest absolute Gasteiger partial charge is 0.406 e. The monoisotopic (exact) mass is 884 g/mol. The lowest BCUT2D eigenvalue weighted by Gasteiger charge is -2.19. The molecule has 2 heterocycles. The molecule has 2 fully saturated rings. The first-order valence-electron chi connectivity index (χ1n) is 19.3. The summed E-state index contributed by atoms with van der Waals surface area (Å²) in [5.41, 5.74) is 0. The molecule has 6 N–H and O–H groups in total. The summed E-state index contributed by atoms with van der Waals surface area (Å²) in [5, 5.41) is 14.0. The molecular weight excluding hydrogens is 830 g/mol. The minimum Gasteiger partial charge on any atom is -0.447 e. The van der Waals surface area contributed by atoms with Gasteiger partial charge in [0.25, 0.3) is 0 Å². The number of alkyl carbamates (subject to hydrolysis) is 2. The van der Waals surface area contributed by atoms with Crippen LogP contribution < -0.4 is 31.9 Å². The predicted octanol–water partition coefficient (Wildman–Crippen LogP) is -4.11. The van der Waals surface area contributed by atoms with Gasteiger partial charge in [-0.15, -0.1) is 0 Å². The van der Waals surface area contributed by atoms with Crippen LogP contribution in [0.15, 0.2) is 0 Å². The van der Waals surface area contributed by atoms with E-state index in [1.807, 2.05) is 0 Å². The van der Waals surface area contributed by atoms with Crippen molar-refractivity contribution < 1.29 is 67.0 Å². The van der Waals surface area contributed by atoms with Crippen molar-refractivity contribution in [2.24, 2.45) is 5.92 Å². The maximum absolute atomic E-state index is 13.3. The van der Waals surface area contributed by atoms with Crippen molar-refractivity contribution in [3.8, 4) is 0 Å². The summed E-state index contributed by atoms with van der Waals surface area (Å²) in [7, 11) is 6.17. The van der Waals surface area contributed by atoms with E-state index in [4.69, 9.17) is 14.2 Å². The van der Waals surface area contributed by atoms with E-state index < -0.39 is 64.1 Å². The van der Waals surface area contributed by atoms with Crippen molar-refractivity contribution in [1.82, 2.24) is 41.7 Å². The fraction of sp³-hybridized carbons (Fsp3) is 0.676. The molecule has 2 unspecified atom stereocenters. The third kappa shape index (κ3) is 18.6. The van der Waals surface area contributed by atoms with Crippen LogP contribution in [0.4, 0.5) is 9.59 Å². The van der Waals surface area contributed by atoms with E-state index >= 15 is 0 Å². The van der Waals surface area contributed by atoms with Gasteiger partial charge in [0.1, 0.15) is 25.1 Å². The highest BCUT2D eigenvalue weighted by molar-refractivity contribution is 8.21. The van der Waals surface area contributed by atoms with Gasteiger partial charge < -0.3 is 46.1 Å². The Balaban J connectivity index is 1.88. The molecule has 0 bridgehead atoms. The molecule has 22 nitrogen and oxygen atoms in total. The first-order chi connectivity index (χ1) is 28.6. The molecule has 332 valence electrons. The number of nitrogens with one attached hydrogen (secondary N) is 6. The van der Waals surface area contributed by atoms with Crippen LogP contribution in [0.25, 0.3) is 0 Å². The second kappa shape index (κ2) is 27.8. The zero-order chi connectivity index (χ0) is 44.6.